The first kappa shape index (κ1) is 37.3. The van der Waals surface area contributed by atoms with Crippen molar-refractivity contribution in [2.75, 3.05) is 37.6 Å². The lowest BCUT2D eigenvalue weighted by Crippen LogP contribution is -2.62. The highest BCUT2D eigenvalue weighted by Gasteiger charge is 2.69. The van der Waals surface area contributed by atoms with Gasteiger partial charge in [0.25, 0.3) is 5.91 Å². The van der Waals surface area contributed by atoms with E-state index in [4.69, 9.17) is 5.73 Å². The van der Waals surface area contributed by atoms with Gasteiger partial charge in [-0.25, -0.2) is 4.79 Å². The predicted molar refractivity (Wildman–Crippen MR) is 190 cm³/mol. The van der Waals surface area contributed by atoms with Crippen molar-refractivity contribution in [3.05, 3.63) is 30.3 Å². The average molecular weight is 693 g/mol. The third kappa shape index (κ3) is 7.99. The number of piperazine rings is 1. The number of piperidine rings is 1. The summed E-state index contributed by atoms with van der Waals surface area (Å²) in [5.41, 5.74) is 5.58. The molecule has 2 aliphatic heterocycles. The Morgan fingerprint density at radius 2 is 1.54 bits per heavy atom. The summed E-state index contributed by atoms with van der Waals surface area (Å²) in [6.07, 6.45) is 2.21. The molecular weight excluding hydrogens is 636 g/mol. The molecule has 12 nitrogen and oxygen atoms in total. The minimum absolute atomic E-state index is 0.0797. The van der Waals surface area contributed by atoms with Crippen molar-refractivity contribution in [3.63, 3.8) is 0 Å². The molecule has 274 valence electrons. The highest BCUT2D eigenvalue weighted by atomic mass is 16.2. The molecule has 2 heterocycles. The number of urea groups is 1. The van der Waals surface area contributed by atoms with E-state index in [0.717, 1.165) is 18.5 Å². The molecule has 1 aromatic rings. The molecule has 2 aliphatic carbocycles. The van der Waals surface area contributed by atoms with Gasteiger partial charge in [-0.05, 0) is 53.1 Å². The number of nitrogens with zero attached hydrogens (tertiary/aromatic N) is 3. The molecule has 5 rings (SSSR count). The van der Waals surface area contributed by atoms with Gasteiger partial charge in [-0.2, -0.15) is 0 Å². The van der Waals surface area contributed by atoms with Crippen LogP contribution in [0.3, 0.4) is 0 Å². The van der Waals surface area contributed by atoms with Crippen molar-refractivity contribution in [2.24, 2.45) is 46.2 Å². The van der Waals surface area contributed by atoms with E-state index in [1.807, 2.05) is 65.0 Å². The number of rotatable bonds is 13. The first-order valence-electron chi connectivity index (χ1n) is 18.2. The maximum atomic E-state index is 14.4. The third-order valence-corrected chi connectivity index (χ3v) is 11.5. The number of carbonyl (C=O) groups is 6. The van der Waals surface area contributed by atoms with E-state index in [9.17, 15) is 28.8 Å². The van der Waals surface area contributed by atoms with Crippen molar-refractivity contribution >= 4 is 41.0 Å². The highest BCUT2D eigenvalue weighted by molar-refractivity contribution is 6.36. The molecule has 2 saturated carbocycles. The van der Waals surface area contributed by atoms with Gasteiger partial charge in [0.2, 0.25) is 17.6 Å². The van der Waals surface area contributed by atoms with E-state index < -0.39 is 47.2 Å². The van der Waals surface area contributed by atoms with Crippen LogP contribution in [0.25, 0.3) is 0 Å². The number of likely N-dealkylation sites (tertiary alicyclic amines) is 1. The van der Waals surface area contributed by atoms with Gasteiger partial charge in [0.15, 0.2) is 5.78 Å². The lowest BCUT2D eigenvalue weighted by atomic mass is 9.84. The van der Waals surface area contributed by atoms with E-state index in [1.54, 1.807) is 9.80 Å². The molecule has 4 fully saturated rings. The smallest absolute Gasteiger partial charge is 0.316 e. The molecule has 4 N–H and O–H groups in total. The Bertz CT molecular complexity index is 1480. The van der Waals surface area contributed by atoms with Gasteiger partial charge in [0.1, 0.15) is 12.1 Å². The standard InChI is InChI=1S/C38H56N6O6/c1-22(2)29(34(48)43-17-15-42(16-18-43)25-11-9-8-10-12-25)40-36(50)41-32(37(3,4)5)35(49)44-21-26-28(38(26,6)7)30(44)27(45)20-24(19-23-13-14-23)31(46)33(39)47/h8-12,22-24,26,28-30,32H,13-21H2,1-7H3,(H2,39,47)(H2,40,41,50)/t24?,26-,28-,29-,30+,32+/m0/s1. The number of carbonyl (C=O) groups excluding carboxylic acids is 6. The Balaban J connectivity index is 1.26. The predicted octanol–water partition coefficient (Wildman–Crippen LogP) is 2.99. The molecule has 4 aliphatic rings. The van der Waals surface area contributed by atoms with Crippen LogP contribution in [0.15, 0.2) is 30.3 Å². The number of primary amides is 1. The number of hydrogen-bond acceptors (Lipinski definition) is 7. The number of nitrogens with two attached hydrogens (primary N) is 1. The van der Waals surface area contributed by atoms with Gasteiger partial charge in [-0.1, -0.05) is 79.5 Å². The Morgan fingerprint density at radius 3 is 2.08 bits per heavy atom. The SMILES string of the molecule is CC(C)[C@H](NC(=O)N[C@H](C(=O)N1C[C@H]2[C@@H]([C@H]1C(=O)CC(CC1CC1)C(=O)C(N)=O)C2(C)C)C(C)(C)C)C(=O)N1CCN(c2ccccc2)CC1. The van der Waals surface area contributed by atoms with Crippen LogP contribution in [0.2, 0.25) is 0 Å². The van der Waals surface area contributed by atoms with Crippen LogP contribution >= 0.6 is 0 Å². The minimum atomic E-state index is -1.04. The fraction of sp³-hybridized carbons (Fsp3) is 0.684. The maximum absolute atomic E-state index is 14.4. The Morgan fingerprint density at radius 1 is 0.920 bits per heavy atom. The van der Waals surface area contributed by atoms with E-state index in [2.05, 4.69) is 29.4 Å². The molecule has 1 aromatic carbocycles. The van der Waals surface area contributed by atoms with Crippen LogP contribution in [0.5, 0.6) is 0 Å². The average Bonchev–Trinajstić information content (AvgIpc) is 3.92. The number of hydrogen-bond donors (Lipinski definition) is 3. The van der Waals surface area contributed by atoms with E-state index >= 15 is 0 Å². The fourth-order valence-electron chi connectivity index (χ4n) is 8.15. The summed E-state index contributed by atoms with van der Waals surface area (Å²) < 4.78 is 0. The third-order valence-electron chi connectivity index (χ3n) is 11.5. The first-order valence-corrected chi connectivity index (χ1v) is 18.2. The molecule has 0 bridgehead atoms. The number of benzene rings is 1. The van der Waals surface area contributed by atoms with Crippen molar-refractivity contribution in [1.29, 1.82) is 0 Å². The van der Waals surface area contributed by atoms with Crippen LogP contribution in [-0.4, -0.2) is 96.0 Å². The quantitative estimate of drug-likeness (QED) is 0.268. The largest absolute Gasteiger partial charge is 0.368 e. The number of nitrogens with one attached hydrogen (secondary N) is 2. The molecule has 12 heteroatoms. The summed E-state index contributed by atoms with van der Waals surface area (Å²) in [6, 6.07) is 6.87. The molecule has 2 saturated heterocycles. The second kappa shape index (κ2) is 14.3. The normalized spacial score (nSPS) is 24.6. The van der Waals surface area contributed by atoms with Crippen LogP contribution in [0, 0.1) is 40.4 Å². The Hall–Kier alpha value is -3.96. The number of fused-ring (bicyclic) bond motifs is 1. The summed E-state index contributed by atoms with van der Waals surface area (Å²) >= 11 is 0. The van der Waals surface area contributed by atoms with Crippen molar-refractivity contribution in [1.82, 2.24) is 20.4 Å². The minimum Gasteiger partial charge on any atom is -0.368 e. The van der Waals surface area contributed by atoms with Crippen molar-refractivity contribution in [3.8, 4) is 0 Å². The number of para-hydroxylation sites is 1. The van der Waals surface area contributed by atoms with Crippen LogP contribution in [0.4, 0.5) is 10.5 Å². The topological polar surface area (TPSA) is 162 Å². The highest BCUT2D eigenvalue weighted by Crippen LogP contribution is 2.65. The number of Topliss-reactive ketones (excluding diaryl/α,β-unsaturated/α-hetero) is 2. The number of ketones is 2. The monoisotopic (exact) mass is 692 g/mol. The van der Waals surface area contributed by atoms with Gasteiger partial charge in [0.05, 0.1) is 6.04 Å². The van der Waals surface area contributed by atoms with Gasteiger partial charge in [-0.15, -0.1) is 0 Å². The molecule has 0 radical (unpaired) electrons. The zero-order valence-corrected chi connectivity index (χ0v) is 30.7. The Labute approximate surface area is 296 Å². The molecule has 6 atom stereocenters. The number of anilines is 1. The summed E-state index contributed by atoms with van der Waals surface area (Å²) in [4.78, 5) is 85.9. The lowest BCUT2D eigenvalue weighted by Gasteiger charge is -2.39. The summed E-state index contributed by atoms with van der Waals surface area (Å²) in [5, 5.41) is 5.75. The van der Waals surface area contributed by atoms with Crippen LogP contribution in [0.1, 0.15) is 74.1 Å². The summed E-state index contributed by atoms with van der Waals surface area (Å²) in [5.74, 6) is -3.22. The van der Waals surface area contributed by atoms with E-state index in [1.165, 1.54) is 0 Å². The lowest BCUT2D eigenvalue weighted by molar-refractivity contribution is -0.144. The first-order chi connectivity index (χ1) is 23.4. The summed E-state index contributed by atoms with van der Waals surface area (Å²) in [6.45, 7) is 16.2. The van der Waals surface area contributed by atoms with Gasteiger partial charge < -0.3 is 31.1 Å². The van der Waals surface area contributed by atoms with Crippen LogP contribution in [-0.2, 0) is 24.0 Å². The second-order valence-corrected chi connectivity index (χ2v) is 17.0. The molecule has 5 amide bonds. The molecule has 50 heavy (non-hydrogen) atoms. The number of amides is 5. The van der Waals surface area contributed by atoms with E-state index in [-0.39, 0.29) is 47.2 Å². The molecule has 0 aromatic heterocycles. The van der Waals surface area contributed by atoms with Gasteiger partial charge in [-0.3, -0.25) is 24.0 Å². The fourth-order valence-corrected chi connectivity index (χ4v) is 8.15. The Kier molecular flexibility index (Phi) is 10.7. The van der Waals surface area contributed by atoms with Crippen molar-refractivity contribution in [2.45, 2.75) is 92.3 Å². The maximum Gasteiger partial charge on any atom is 0.316 e. The molecular formula is C38H56N6O6. The van der Waals surface area contributed by atoms with Crippen LogP contribution < -0.4 is 21.3 Å². The van der Waals surface area contributed by atoms with Crippen molar-refractivity contribution < 1.29 is 28.8 Å². The van der Waals surface area contributed by atoms with Gasteiger partial charge in [0, 0.05) is 50.7 Å². The molecule has 1 unspecified atom stereocenters. The second-order valence-electron chi connectivity index (χ2n) is 17.0. The molecule has 0 spiro atoms. The zero-order chi connectivity index (χ0) is 36.7. The van der Waals surface area contributed by atoms with E-state index in [0.29, 0.717) is 45.1 Å². The van der Waals surface area contributed by atoms with Gasteiger partial charge >= 0.3 is 6.03 Å². The summed E-state index contributed by atoms with van der Waals surface area (Å²) in [7, 11) is 0. The zero-order valence-electron chi connectivity index (χ0n) is 30.7.